The topological polar surface area (TPSA) is 123 Å². The highest BCUT2D eigenvalue weighted by molar-refractivity contribution is 6.30. The Hall–Kier alpha value is -3.40. The maximum atomic E-state index is 13.5. The molecule has 0 bridgehead atoms. The number of likely N-dealkylation sites (tertiary alicyclic amines) is 1. The normalized spacial score (nSPS) is 21.2. The Kier molecular flexibility index (Phi) is 7.69. The first-order chi connectivity index (χ1) is 18.3. The predicted molar refractivity (Wildman–Crippen MR) is 145 cm³/mol. The number of nitrogens with zero attached hydrogens (tertiary/aromatic N) is 3. The maximum absolute atomic E-state index is 13.5. The molecule has 200 valence electrons. The van der Waals surface area contributed by atoms with Crippen molar-refractivity contribution >= 4 is 23.2 Å². The van der Waals surface area contributed by atoms with E-state index in [1.807, 2.05) is 23.1 Å². The third-order valence-electron chi connectivity index (χ3n) is 7.56. The summed E-state index contributed by atoms with van der Waals surface area (Å²) in [6, 6.07) is 16.8. The summed E-state index contributed by atoms with van der Waals surface area (Å²) in [4.78, 5) is 32.5. The van der Waals surface area contributed by atoms with E-state index in [0.717, 1.165) is 19.5 Å². The van der Waals surface area contributed by atoms with Gasteiger partial charge < -0.3 is 25.8 Å². The Bertz CT molecular complexity index is 1320. The molecule has 0 saturated carbocycles. The Labute approximate surface area is 226 Å². The lowest BCUT2D eigenvalue weighted by Crippen LogP contribution is -2.52. The zero-order valence-corrected chi connectivity index (χ0v) is 21.8. The molecule has 9 nitrogen and oxygen atoms in total. The van der Waals surface area contributed by atoms with Gasteiger partial charge in [-0.2, -0.15) is 0 Å². The van der Waals surface area contributed by atoms with Gasteiger partial charge in [-0.05, 0) is 55.6 Å². The largest absolute Gasteiger partial charge is 0.437 e. The molecule has 0 radical (unpaired) electrons. The molecule has 2 aliphatic heterocycles. The van der Waals surface area contributed by atoms with E-state index in [2.05, 4.69) is 22.4 Å². The second-order valence-electron chi connectivity index (χ2n) is 10.1. The van der Waals surface area contributed by atoms with E-state index in [9.17, 15) is 14.7 Å². The number of hydrogen-bond donors (Lipinski definition) is 3. The number of amides is 1. The van der Waals surface area contributed by atoms with Crippen LogP contribution < -0.4 is 21.3 Å². The zero-order chi connectivity index (χ0) is 26.7. The molecular formula is C28H32ClN5O4. The van der Waals surface area contributed by atoms with E-state index >= 15 is 0 Å². The summed E-state index contributed by atoms with van der Waals surface area (Å²) in [6.07, 6.45) is 2.83. The first-order valence-electron chi connectivity index (χ1n) is 12.9. The average Bonchev–Trinajstić information content (AvgIpc) is 2.94. The SMILES string of the molecule is Nc1c(Oc2ccc(Cl)cc2)ncn(CC2(O)CCN(C(=O)[C@@H]3CCNC[C@H]3c3ccccc3)CC2)c1=O. The van der Waals surface area contributed by atoms with E-state index < -0.39 is 11.2 Å². The number of halogens is 1. The van der Waals surface area contributed by atoms with Crippen LogP contribution >= 0.6 is 11.6 Å². The van der Waals surface area contributed by atoms with Gasteiger partial charge in [-0.25, -0.2) is 4.98 Å². The summed E-state index contributed by atoms with van der Waals surface area (Å²) in [7, 11) is 0. The molecule has 3 heterocycles. The number of ether oxygens (including phenoxy) is 1. The van der Waals surface area contributed by atoms with Crippen LogP contribution in [-0.2, 0) is 11.3 Å². The van der Waals surface area contributed by atoms with Crippen molar-refractivity contribution in [2.45, 2.75) is 37.3 Å². The number of aliphatic hydroxyl groups is 1. The molecule has 2 aliphatic rings. The monoisotopic (exact) mass is 537 g/mol. The van der Waals surface area contributed by atoms with Crippen molar-refractivity contribution in [2.24, 2.45) is 5.92 Å². The van der Waals surface area contributed by atoms with Gasteiger partial charge in [0.05, 0.1) is 12.1 Å². The number of nitrogens with two attached hydrogens (primary N) is 1. The van der Waals surface area contributed by atoms with Gasteiger partial charge in [-0.15, -0.1) is 0 Å². The van der Waals surface area contributed by atoms with E-state index in [1.165, 1.54) is 16.5 Å². The molecule has 2 saturated heterocycles. The fraction of sp³-hybridized carbons (Fsp3) is 0.393. The molecule has 2 fully saturated rings. The lowest BCUT2D eigenvalue weighted by Gasteiger charge is -2.41. The second kappa shape index (κ2) is 11.1. The molecule has 3 aromatic rings. The Morgan fingerprint density at radius 2 is 1.87 bits per heavy atom. The van der Waals surface area contributed by atoms with Crippen LogP contribution in [0.3, 0.4) is 0 Å². The number of rotatable bonds is 6. The molecule has 5 rings (SSSR count). The molecule has 1 aromatic heterocycles. The van der Waals surface area contributed by atoms with Gasteiger partial charge in [0.1, 0.15) is 12.1 Å². The number of carbonyl (C=O) groups excluding carboxylic acids is 1. The van der Waals surface area contributed by atoms with Crippen LogP contribution in [0, 0.1) is 5.92 Å². The first kappa shape index (κ1) is 26.2. The van der Waals surface area contributed by atoms with Gasteiger partial charge in [0.25, 0.3) is 5.56 Å². The lowest BCUT2D eigenvalue weighted by atomic mass is 9.80. The molecule has 2 aromatic carbocycles. The number of nitrogen functional groups attached to an aromatic ring is 1. The summed E-state index contributed by atoms with van der Waals surface area (Å²) in [5.74, 6) is 0.610. The maximum Gasteiger partial charge on any atom is 0.280 e. The molecule has 10 heteroatoms. The minimum absolute atomic E-state index is 0.00378. The van der Waals surface area contributed by atoms with Crippen LogP contribution in [0.25, 0.3) is 0 Å². The van der Waals surface area contributed by atoms with Crippen LogP contribution in [0.2, 0.25) is 5.02 Å². The van der Waals surface area contributed by atoms with E-state index in [4.69, 9.17) is 22.1 Å². The van der Waals surface area contributed by atoms with Crippen molar-refractivity contribution in [3.63, 3.8) is 0 Å². The van der Waals surface area contributed by atoms with Gasteiger partial charge in [0.15, 0.2) is 5.69 Å². The predicted octanol–water partition coefficient (Wildman–Crippen LogP) is 3.02. The van der Waals surface area contributed by atoms with Crippen molar-refractivity contribution in [1.82, 2.24) is 19.8 Å². The average molecular weight is 538 g/mol. The van der Waals surface area contributed by atoms with Crippen LogP contribution in [0.5, 0.6) is 11.6 Å². The second-order valence-corrected chi connectivity index (χ2v) is 10.6. The molecule has 0 spiro atoms. The van der Waals surface area contributed by atoms with Gasteiger partial charge in [0.2, 0.25) is 11.8 Å². The van der Waals surface area contributed by atoms with Crippen LogP contribution in [0.4, 0.5) is 5.69 Å². The summed E-state index contributed by atoms with van der Waals surface area (Å²) in [5, 5.41) is 15.3. The summed E-state index contributed by atoms with van der Waals surface area (Å²) in [6.45, 7) is 2.47. The Morgan fingerprint density at radius 3 is 2.58 bits per heavy atom. The van der Waals surface area contributed by atoms with Crippen molar-refractivity contribution in [3.8, 4) is 11.6 Å². The highest BCUT2D eigenvalue weighted by atomic mass is 35.5. The fourth-order valence-electron chi connectivity index (χ4n) is 5.36. The summed E-state index contributed by atoms with van der Waals surface area (Å²) in [5.41, 5.74) is 5.41. The Morgan fingerprint density at radius 1 is 1.16 bits per heavy atom. The van der Waals surface area contributed by atoms with Gasteiger partial charge in [-0.3, -0.25) is 14.2 Å². The number of nitrogens with one attached hydrogen (secondary N) is 1. The van der Waals surface area contributed by atoms with Crippen LogP contribution in [0.1, 0.15) is 30.7 Å². The number of carbonyl (C=O) groups is 1. The standard InChI is InChI=1S/C28H32ClN5O4/c29-20-6-8-21(9-7-20)38-25-24(30)27(36)34(18-32-25)17-28(37)11-14-33(15-12-28)26(35)22-10-13-31-16-23(22)19-4-2-1-3-5-19/h1-9,18,22-23,31,37H,10-17,30H2/t22-,23+/m1/s1. The minimum Gasteiger partial charge on any atom is -0.437 e. The van der Waals surface area contributed by atoms with Crippen molar-refractivity contribution in [3.05, 3.63) is 81.9 Å². The Balaban J connectivity index is 1.23. The van der Waals surface area contributed by atoms with E-state index in [0.29, 0.717) is 36.7 Å². The number of piperidine rings is 2. The third kappa shape index (κ3) is 5.70. The molecule has 1 amide bonds. The van der Waals surface area contributed by atoms with Gasteiger partial charge in [0, 0.05) is 36.5 Å². The van der Waals surface area contributed by atoms with Crippen LogP contribution in [-0.4, -0.2) is 57.2 Å². The molecule has 4 N–H and O–H groups in total. The lowest BCUT2D eigenvalue weighted by molar-refractivity contribution is -0.141. The van der Waals surface area contributed by atoms with Crippen LogP contribution in [0.15, 0.2) is 65.7 Å². The molecule has 0 unspecified atom stereocenters. The number of aromatic nitrogens is 2. The van der Waals surface area contributed by atoms with E-state index in [-0.39, 0.29) is 35.9 Å². The molecule has 2 atom stereocenters. The highest BCUT2D eigenvalue weighted by Crippen LogP contribution is 2.33. The molecular weight excluding hydrogens is 506 g/mol. The summed E-state index contributed by atoms with van der Waals surface area (Å²) >= 11 is 5.90. The zero-order valence-electron chi connectivity index (χ0n) is 21.1. The smallest absolute Gasteiger partial charge is 0.280 e. The molecule has 38 heavy (non-hydrogen) atoms. The highest BCUT2D eigenvalue weighted by Gasteiger charge is 2.39. The van der Waals surface area contributed by atoms with Crippen molar-refractivity contribution in [1.29, 1.82) is 0 Å². The molecule has 0 aliphatic carbocycles. The van der Waals surface area contributed by atoms with Crippen molar-refractivity contribution < 1.29 is 14.6 Å². The third-order valence-corrected chi connectivity index (χ3v) is 7.81. The number of anilines is 1. The minimum atomic E-state index is -1.15. The van der Waals surface area contributed by atoms with Crippen molar-refractivity contribution in [2.75, 3.05) is 31.9 Å². The summed E-state index contributed by atoms with van der Waals surface area (Å²) < 4.78 is 6.94. The number of benzene rings is 2. The quantitative estimate of drug-likeness (QED) is 0.441. The number of hydrogen-bond acceptors (Lipinski definition) is 7. The first-order valence-corrected chi connectivity index (χ1v) is 13.3. The fourth-order valence-corrected chi connectivity index (χ4v) is 5.48. The van der Waals surface area contributed by atoms with Gasteiger partial charge in [-0.1, -0.05) is 41.9 Å². The van der Waals surface area contributed by atoms with E-state index in [1.54, 1.807) is 24.3 Å². The van der Waals surface area contributed by atoms with Gasteiger partial charge >= 0.3 is 0 Å².